The second-order valence-corrected chi connectivity index (χ2v) is 8.34. The molecule has 1 aliphatic rings. The zero-order valence-corrected chi connectivity index (χ0v) is 18.7. The Labute approximate surface area is 187 Å². The molecule has 0 saturated carbocycles. The molecule has 4 nitrogen and oxygen atoms in total. The summed E-state index contributed by atoms with van der Waals surface area (Å²) >= 11 is 0. The highest BCUT2D eigenvalue weighted by atomic mass is 19.4. The molecule has 1 atom stereocenters. The molecule has 1 unspecified atom stereocenters. The molecule has 1 heterocycles. The average Bonchev–Trinajstić information content (AvgIpc) is 3.23. The summed E-state index contributed by atoms with van der Waals surface area (Å²) in [5.74, 6) is -2.69. The fourth-order valence-corrected chi connectivity index (χ4v) is 3.98. The number of likely N-dealkylation sites (tertiary alicyclic amines) is 1. The lowest BCUT2D eigenvalue weighted by atomic mass is 10.1. The second-order valence-electron chi connectivity index (χ2n) is 8.34. The van der Waals surface area contributed by atoms with E-state index in [9.17, 15) is 27.2 Å². The minimum absolute atomic E-state index is 0.214. The number of nitrogens with zero attached hydrogens (tertiary/aromatic N) is 1. The maximum Gasteiger partial charge on any atom is 0.419 e. The summed E-state index contributed by atoms with van der Waals surface area (Å²) < 4.78 is 57.4. The average molecular weight is 460 g/mol. The van der Waals surface area contributed by atoms with Gasteiger partial charge in [0.1, 0.15) is 11.9 Å². The zero-order valence-electron chi connectivity index (χ0n) is 18.7. The molecule has 1 aromatic rings. The maximum atomic E-state index is 13.8. The van der Waals surface area contributed by atoms with Crippen LogP contribution in [0, 0.1) is 5.82 Å². The van der Waals surface area contributed by atoms with E-state index in [1.54, 1.807) is 0 Å². The lowest BCUT2D eigenvalue weighted by molar-refractivity contribution is -0.148. The number of alkyl halides is 3. The van der Waals surface area contributed by atoms with Crippen molar-refractivity contribution in [3.63, 3.8) is 0 Å². The first-order valence-electron chi connectivity index (χ1n) is 11.6. The zero-order chi connectivity index (χ0) is 23.6. The number of amides is 1. The first kappa shape index (κ1) is 26.1. The fourth-order valence-electron chi connectivity index (χ4n) is 3.98. The third-order valence-corrected chi connectivity index (χ3v) is 5.80. The van der Waals surface area contributed by atoms with Gasteiger partial charge in [0.2, 0.25) is 0 Å². The Hall–Kier alpha value is -2.12. The number of halogens is 4. The van der Waals surface area contributed by atoms with Crippen LogP contribution in [-0.4, -0.2) is 36.0 Å². The Bertz CT molecular complexity index is 751. The number of benzene rings is 1. The molecule has 0 radical (unpaired) electrons. The molecule has 1 aliphatic heterocycles. The fraction of sp³-hybridized carbons (Fsp3) is 0.667. The van der Waals surface area contributed by atoms with E-state index in [4.69, 9.17) is 4.74 Å². The Kier molecular flexibility index (Phi) is 10.5. The number of carbonyl (C=O) groups excluding carboxylic acids is 2. The summed E-state index contributed by atoms with van der Waals surface area (Å²) in [6, 6.07) is 1.28. The number of carbonyl (C=O) groups is 2. The number of unbranched alkanes of at least 4 members (excludes halogenated alkanes) is 8. The molecule has 0 aromatic heterocycles. The van der Waals surface area contributed by atoms with E-state index >= 15 is 0 Å². The van der Waals surface area contributed by atoms with Gasteiger partial charge >= 0.3 is 12.1 Å². The van der Waals surface area contributed by atoms with Gasteiger partial charge in [-0.1, -0.05) is 58.3 Å². The summed E-state index contributed by atoms with van der Waals surface area (Å²) in [7, 11) is 0. The largest absolute Gasteiger partial charge is 0.464 e. The van der Waals surface area contributed by atoms with Crippen molar-refractivity contribution < 1.29 is 31.9 Å². The second kappa shape index (κ2) is 12.8. The van der Waals surface area contributed by atoms with Gasteiger partial charge in [-0.3, -0.25) is 4.79 Å². The molecular weight excluding hydrogens is 426 g/mol. The van der Waals surface area contributed by atoms with E-state index < -0.39 is 35.5 Å². The molecule has 180 valence electrons. The minimum atomic E-state index is -4.83. The number of hydrogen-bond acceptors (Lipinski definition) is 3. The Balaban J connectivity index is 1.77. The van der Waals surface area contributed by atoms with Crippen molar-refractivity contribution in [2.75, 3.05) is 13.2 Å². The van der Waals surface area contributed by atoms with Gasteiger partial charge in [0.05, 0.1) is 12.2 Å². The molecule has 32 heavy (non-hydrogen) atoms. The number of rotatable bonds is 12. The quantitative estimate of drug-likeness (QED) is 0.203. The molecule has 1 saturated heterocycles. The molecule has 0 spiro atoms. The van der Waals surface area contributed by atoms with Crippen LogP contribution in [0.4, 0.5) is 17.6 Å². The van der Waals surface area contributed by atoms with Crippen LogP contribution in [0.25, 0.3) is 0 Å². The van der Waals surface area contributed by atoms with Gasteiger partial charge in [0, 0.05) is 12.1 Å². The highest BCUT2D eigenvalue weighted by Gasteiger charge is 2.37. The van der Waals surface area contributed by atoms with E-state index in [0.717, 1.165) is 25.3 Å². The van der Waals surface area contributed by atoms with Crippen LogP contribution in [0.15, 0.2) is 18.2 Å². The van der Waals surface area contributed by atoms with Crippen LogP contribution in [0.3, 0.4) is 0 Å². The molecule has 0 bridgehead atoms. The predicted octanol–water partition coefficient (Wildman–Crippen LogP) is 6.52. The maximum absolute atomic E-state index is 13.8. The standard InChI is InChI=1S/C24H33F4NO3/c1-2-3-4-5-6-7-8-9-10-16-32-23(31)21-12-11-15-29(21)22(30)18-13-14-19(20(25)17-18)24(26,27)28/h13-14,17,21H,2-12,15-16H2,1H3. The van der Waals surface area contributed by atoms with Gasteiger partial charge in [-0.2, -0.15) is 13.2 Å². The van der Waals surface area contributed by atoms with E-state index in [0.29, 0.717) is 25.0 Å². The molecule has 1 fully saturated rings. The summed E-state index contributed by atoms with van der Waals surface area (Å²) in [5.41, 5.74) is -1.64. The first-order valence-corrected chi connectivity index (χ1v) is 11.6. The molecule has 1 aromatic carbocycles. The normalized spacial score (nSPS) is 16.4. The van der Waals surface area contributed by atoms with Gasteiger partial charge in [-0.05, 0) is 37.5 Å². The van der Waals surface area contributed by atoms with E-state index in [-0.39, 0.29) is 18.7 Å². The van der Waals surface area contributed by atoms with Gasteiger partial charge < -0.3 is 9.64 Å². The number of esters is 1. The number of hydrogen-bond donors (Lipinski definition) is 0. The Morgan fingerprint density at radius 1 is 1.03 bits per heavy atom. The third kappa shape index (κ3) is 7.78. The summed E-state index contributed by atoms with van der Waals surface area (Å²) in [4.78, 5) is 26.4. The first-order chi connectivity index (χ1) is 15.3. The lowest BCUT2D eigenvalue weighted by Gasteiger charge is -2.23. The Morgan fingerprint density at radius 3 is 2.25 bits per heavy atom. The van der Waals surface area contributed by atoms with Crippen LogP contribution < -0.4 is 0 Å². The monoisotopic (exact) mass is 459 g/mol. The molecule has 1 amide bonds. The van der Waals surface area contributed by atoms with Crippen molar-refractivity contribution in [3.05, 3.63) is 35.1 Å². The van der Waals surface area contributed by atoms with Crippen molar-refractivity contribution in [2.45, 2.75) is 89.8 Å². The van der Waals surface area contributed by atoms with Gasteiger partial charge in [-0.15, -0.1) is 0 Å². The van der Waals surface area contributed by atoms with Crippen LogP contribution >= 0.6 is 0 Å². The van der Waals surface area contributed by atoms with Crippen LogP contribution in [-0.2, 0) is 15.7 Å². The van der Waals surface area contributed by atoms with E-state index in [1.165, 1.54) is 43.4 Å². The highest BCUT2D eigenvalue weighted by molar-refractivity contribution is 5.97. The van der Waals surface area contributed by atoms with Gasteiger partial charge in [0.15, 0.2) is 0 Å². The van der Waals surface area contributed by atoms with E-state index in [1.807, 2.05) is 0 Å². The molecule has 0 aliphatic carbocycles. The molecule has 0 N–H and O–H groups in total. The SMILES string of the molecule is CCCCCCCCCCCOC(=O)C1CCCN1C(=O)c1ccc(C(F)(F)F)c(F)c1. The minimum Gasteiger partial charge on any atom is -0.464 e. The van der Waals surface area contributed by atoms with Crippen LogP contribution in [0.1, 0.15) is 93.5 Å². The van der Waals surface area contributed by atoms with Crippen LogP contribution in [0.2, 0.25) is 0 Å². The van der Waals surface area contributed by atoms with E-state index in [2.05, 4.69) is 6.92 Å². The smallest absolute Gasteiger partial charge is 0.419 e. The lowest BCUT2D eigenvalue weighted by Crippen LogP contribution is -2.41. The van der Waals surface area contributed by atoms with Crippen LogP contribution in [0.5, 0.6) is 0 Å². The van der Waals surface area contributed by atoms with Gasteiger partial charge in [0.25, 0.3) is 5.91 Å². The van der Waals surface area contributed by atoms with Crippen molar-refractivity contribution in [3.8, 4) is 0 Å². The molecule has 2 rings (SSSR count). The highest BCUT2D eigenvalue weighted by Crippen LogP contribution is 2.32. The summed E-state index contributed by atoms with van der Waals surface area (Å²) in [6.07, 6.45) is 6.44. The molecule has 8 heteroatoms. The summed E-state index contributed by atoms with van der Waals surface area (Å²) in [6.45, 7) is 2.75. The Morgan fingerprint density at radius 2 is 1.66 bits per heavy atom. The van der Waals surface area contributed by atoms with Crippen molar-refractivity contribution in [1.82, 2.24) is 4.90 Å². The third-order valence-electron chi connectivity index (χ3n) is 5.80. The van der Waals surface area contributed by atoms with Gasteiger partial charge in [-0.25, -0.2) is 9.18 Å². The van der Waals surface area contributed by atoms with Crippen molar-refractivity contribution >= 4 is 11.9 Å². The van der Waals surface area contributed by atoms with Crippen molar-refractivity contribution in [2.24, 2.45) is 0 Å². The topological polar surface area (TPSA) is 46.6 Å². The molecular formula is C24H33F4NO3. The summed E-state index contributed by atoms with van der Waals surface area (Å²) in [5, 5.41) is 0. The number of ether oxygens (including phenoxy) is 1. The van der Waals surface area contributed by atoms with Crippen molar-refractivity contribution in [1.29, 1.82) is 0 Å². The predicted molar refractivity (Wildman–Crippen MR) is 114 cm³/mol.